The number of carbonyl (C=O) groups is 1. The van der Waals surface area contributed by atoms with Gasteiger partial charge in [-0.05, 0) is 25.1 Å². The van der Waals surface area contributed by atoms with Crippen LogP contribution in [0.5, 0.6) is 0 Å². The zero-order valence-corrected chi connectivity index (χ0v) is 9.95. The van der Waals surface area contributed by atoms with Gasteiger partial charge < -0.3 is 11.5 Å². The molecule has 0 radical (unpaired) electrons. The molecule has 5 nitrogen and oxygen atoms in total. The molecule has 0 unspecified atom stereocenters. The van der Waals surface area contributed by atoms with Gasteiger partial charge in [0.1, 0.15) is 11.4 Å². The molecule has 7 heteroatoms. The van der Waals surface area contributed by atoms with Crippen LogP contribution in [0.3, 0.4) is 0 Å². The highest BCUT2D eigenvalue weighted by Gasteiger charge is 2.15. The number of hydrogen-bond donors (Lipinski definition) is 2. The third kappa shape index (κ3) is 2.35. The van der Waals surface area contributed by atoms with E-state index in [-0.39, 0.29) is 28.5 Å². The van der Waals surface area contributed by atoms with Gasteiger partial charge in [0.2, 0.25) is 0 Å². The lowest BCUT2D eigenvalue weighted by atomic mass is 10.1. The Hall–Kier alpha value is -2.57. The fourth-order valence-electron chi connectivity index (χ4n) is 1.66. The zero-order valence-electron chi connectivity index (χ0n) is 9.95. The molecule has 1 aromatic carbocycles. The van der Waals surface area contributed by atoms with Gasteiger partial charge in [-0.1, -0.05) is 0 Å². The van der Waals surface area contributed by atoms with E-state index < -0.39 is 17.5 Å². The number of nitrogens with zero attached hydrogens (tertiary/aromatic N) is 2. The second kappa shape index (κ2) is 4.60. The normalized spacial score (nSPS) is 10.5. The minimum absolute atomic E-state index is 0.0198. The molecule has 98 valence electrons. The van der Waals surface area contributed by atoms with Gasteiger partial charge in [-0.15, -0.1) is 0 Å². The van der Waals surface area contributed by atoms with E-state index in [9.17, 15) is 13.6 Å². The Kier molecular flexibility index (Phi) is 3.12. The fourth-order valence-corrected chi connectivity index (χ4v) is 1.66. The Morgan fingerprint density at radius 2 is 1.89 bits per heavy atom. The van der Waals surface area contributed by atoms with Gasteiger partial charge in [0.25, 0.3) is 5.91 Å². The number of nitrogen functional groups attached to an aromatic ring is 1. The molecule has 19 heavy (non-hydrogen) atoms. The molecule has 0 atom stereocenters. The predicted octanol–water partition coefficient (Wildman–Crippen LogP) is 1.41. The summed E-state index contributed by atoms with van der Waals surface area (Å²) in [6.07, 6.45) is 0. The first kappa shape index (κ1) is 12.9. The summed E-state index contributed by atoms with van der Waals surface area (Å²) in [5.74, 6) is -2.73. The molecule has 0 fully saturated rings. The van der Waals surface area contributed by atoms with Gasteiger partial charge >= 0.3 is 0 Å². The predicted molar refractivity (Wildman–Crippen MR) is 65.1 cm³/mol. The van der Waals surface area contributed by atoms with Crippen molar-refractivity contribution < 1.29 is 13.6 Å². The monoisotopic (exact) mass is 264 g/mol. The molecule has 0 aliphatic carbocycles. The number of carbonyl (C=O) groups excluding carboxylic acids is 1. The first-order valence-electron chi connectivity index (χ1n) is 5.29. The molecule has 4 N–H and O–H groups in total. The van der Waals surface area contributed by atoms with E-state index in [2.05, 4.69) is 9.97 Å². The average Bonchev–Trinajstić information content (AvgIpc) is 2.31. The van der Waals surface area contributed by atoms with E-state index in [0.29, 0.717) is 0 Å². The molecule has 0 saturated carbocycles. The summed E-state index contributed by atoms with van der Waals surface area (Å²) in [6.45, 7) is 1.53. The van der Waals surface area contributed by atoms with E-state index in [0.717, 1.165) is 12.1 Å². The van der Waals surface area contributed by atoms with Crippen molar-refractivity contribution in [1.82, 2.24) is 9.97 Å². The van der Waals surface area contributed by atoms with Gasteiger partial charge in [0.15, 0.2) is 17.5 Å². The number of nitrogens with two attached hydrogens (primary N) is 2. The summed E-state index contributed by atoms with van der Waals surface area (Å²) in [4.78, 5) is 19.0. The molecule has 0 bridgehead atoms. The number of benzene rings is 1. The number of amides is 1. The number of primary amides is 1. The van der Waals surface area contributed by atoms with Crippen LogP contribution in [-0.2, 0) is 0 Å². The molecule has 2 rings (SSSR count). The molecule has 2 aromatic rings. The van der Waals surface area contributed by atoms with Gasteiger partial charge in [-0.2, -0.15) is 0 Å². The van der Waals surface area contributed by atoms with Crippen molar-refractivity contribution in [3.05, 3.63) is 41.1 Å². The van der Waals surface area contributed by atoms with Crippen molar-refractivity contribution in [1.29, 1.82) is 0 Å². The third-order valence-corrected chi connectivity index (χ3v) is 2.54. The van der Waals surface area contributed by atoms with E-state index in [1.54, 1.807) is 0 Å². The topological polar surface area (TPSA) is 94.9 Å². The second-order valence-corrected chi connectivity index (χ2v) is 3.89. The average molecular weight is 264 g/mol. The molecule has 1 aromatic heterocycles. The molecule has 1 amide bonds. The van der Waals surface area contributed by atoms with Crippen molar-refractivity contribution >= 4 is 11.7 Å². The quantitative estimate of drug-likeness (QED) is 0.857. The van der Waals surface area contributed by atoms with Gasteiger partial charge in [0.05, 0.1) is 5.69 Å². The van der Waals surface area contributed by atoms with Crippen LogP contribution >= 0.6 is 0 Å². The van der Waals surface area contributed by atoms with E-state index in [4.69, 9.17) is 11.5 Å². The molecular weight excluding hydrogens is 254 g/mol. The summed E-state index contributed by atoms with van der Waals surface area (Å²) in [5, 5.41) is 0. The van der Waals surface area contributed by atoms with Crippen LogP contribution in [0.4, 0.5) is 14.6 Å². The van der Waals surface area contributed by atoms with Crippen molar-refractivity contribution in [3.63, 3.8) is 0 Å². The molecule has 0 saturated heterocycles. The largest absolute Gasteiger partial charge is 0.383 e. The van der Waals surface area contributed by atoms with Crippen LogP contribution < -0.4 is 11.5 Å². The maximum atomic E-state index is 13.1. The highest BCUT2D eigenvalue weighted by molar-refractivity contribution is 5.98. The van der Waals surface area contributed by atoms with Gasteiger partial charge in [-0.3, -0.25) is 4.79 Å². The smallest absolute Gasteiger partial charge is 0.254 e. The van der Waals surface area contributed by atoms with Crippen LogP contribution in [0, 0.1) is 18.6 Å². The van der Waals surface area contributed by atoms with Gasteiger partial charge in [0, 0.05) is 5.56 Å². The first-order chi connectivity index (χ1) is 8.90. The summed E-state index contributed by atoms with van der Waals surface area (Å²) in [5.41, 5.74) is 11.3. The van der Waals surface area contributed by atoms with E-state index in [1.807, 2.05) is 0 Å². The van der Waals surface area contributed by atoms with Crippen LogP contribution in [0.2, 0.25) is 0 Å². The van der Waals surface area contributed by atoms with Crippen LogP contribution in [0.25, 0.3) is 11.4 Å². The number of halogens is 2. The Bertz CT molecular complexity index is 650. The minimum Gasteiger partial charge on any atom is -0.383 e. The highest BCUT2D eigenvalue weighted by atomic mass is 19.2. The van der Waals surface area contributed by atoms with Crippen LogP contribution in [0.1, 0.15) is 16.1 Å². The summed E-state index contributed by atoms with van der Waals surface area (Å²) >= 11 is 0. The maximum Gasteiger partial charge on any atom is 0.254 e. The lowest BCUT2D eigenvalue weighted by Crippen LogP contribution is -2.17. The SMILES string of the molecule is Cc1nc(-c2ccc(F)c(F)c2)nc(N)c1C(N)=O. The number of aromatic nitrogens is 2. The Labute approximate surface area is 107 Å². The number of hydrogen-bond acceptors (Lipinski definition) is 4. The van der Waals surface area contributed by atoms with Crippen LogP contribution in [-0.4, -0.2) is 15.9 Å². The summed E-state index contributed by atoms with van der Waals surface area (Å²) in [7, 11) is 0. The lowest BCUT2D eigenvalue weighted by Gasteiger charge is -2.08. The standard InChI is InChI=1S/C12H10F2N4O/c1-5-9(11(16)19)10(15)18-12(17-5)6-2-3-7(13)8(14)4-6/h2-4H,1H3,(H2,16,19)(H2,15,17,18). The summed E-state index contributed by atoms with van der Waals surface area (Å²) in [6, 6.07) is 3.23. The minimum atomic E-state index is -1.02. The fraction of sp³-hybridized carbons (Fsp3) is 0.0833. The van der Waals surface area contributed by atoms with E-state index in [1.165, 1.54) is 13.0 Å². The van der Waals surface area contributed by atoms with Crippen LogP contribution in [0.15, 0.2) is 18.2 Å². The van der Waals surface area contributed by atoms with Crippen molar-refractivity contribution in [2.45, 2.75) is 6.92 Å². The molecule has 0 spiro atoms. The van der Waals surface area contributed by atoms with Crippen molar-refractivity contribution in [3.8, 4) is 11.4 Å². The molecule has 0 aliphatic heterocycles. The van der Waals surface area contributed by atoms with Crippen molar-refractivity contribution in [2.24, 2.45) is 5.73 Å². The number of rotatable bonds is 2. The van der Waals surface area contributed by atoms with E-state index >= 15 is 0 Å². The Morgan fingerprint density at radius 1 is 1.21 bits per heavy atom. The number of aryl methyl sites for hydroxylation is 1. The number of anilines is 1. The first-order valence-corrected chi connectivity index (χ1v) is 5.29. The van der Waals surface area contributed by atoms with Crippen molar-refractivity contribution in [2.75, 3.05) is 5.73 Å². The molecule has 0 aliphatic rings. The summed E-state index contributed by atoms with van der Waals surface area (Å²) < 4.78 is 26.0. The molecule has 1 heterocycles. The second-order valence-electron chi connectivity index (χ2n) is 3.89. The lowest BCUT2D eigenvalue weighted by molar-refractivity contribution is 0.1000. The highest BCUT2D eigenvalue weighted by Crippen LogP contribution is 2.21. The Balaban J connectivity index is 2.58. The zero-order chi connectivity index (χ0) is 14.2. The molecular formula is C12H10F2N4O. The van der Waals surface area contributed by atoms with Gasteiger partial charge in [-0.25, -0.2) is 18.7 Å². The Morgan fingerprint density at radius 3 is 2.42 bits per heavy atom. The maximum absolute atomic E-state index is 13.1. The third-order valence-electron chi connectivity index (χ3n) is 2.54.